The molecule has 1 N–H and O–H groups in total. The number of anilines is 1. The van der Waals surface area contributed by atoms with E-state index in [1.165, 1.54) is 16.5 Å². The van der Waals surface area contributed by atoms with Crippen LogP contribution in [0.1, 0.15) is 20.8 Å². The molecule has 0 heterocycles. The van der Waals surface area contributed by atoms with Gasteiger partial charge in [-0.05, 0) is 40.5 Å². The van der Waals surface area contributed by atoms with Crippen LogP contribution in [0.3, 0.4) is 0 Å². The molecule has 0 aromatic heterocycles. The summed E-state index contributed by atoms with van der Waals surface area (Å²) in [6.07, 6.45) is 0. The fourth-order valence-corrected chi connectivity index (χ4v) is 2.07. The van der Waals surface area contributed by atoms with Crippen molar-refractivity contribution in [2.45, 2.75) is 20.8 Å². The summed E-state index contributed by atoms with van der Waals surface area (Å²) in [6, 6.07) is 12.9. The van der Waals surface area contributed by atoms with E-state index in [4.69, 9.17) is 0 Å². The monoisotopic (exact) mass is 291 g/mol. The lowest BCUT2D eigenvalue weighted by Crippen LogP contribution is -2.18. The van der Waals surface area contributed by atoms with Crippen molar-refractivity contribution in [3.63, 3.8) is 0 Å². The van der Waals surface area contributed by atoms with Crippen LogP contribution in [0.25, 0.3) is 10.8 Å². The number of nitrogens with one attached hydrogen (secondary N) is 1. The minimum Gasteiger partial charge on any atom is -0.385 e. The van der Waals surface area contributed by atoms with E-state index >= 15 is 0 Å². The molecule has 0 saturated heterocycles. The highest BCUT2D eigenvalue weighted by molar-refractivity contribution is 9.10. The Hall–Kier alpha value is -1.02. The molecule has 0 amide bonds. The van der Waals surface area contributed by atoms with Gasteiger partial charge in [0.25, 0.3) is 0 Å². The standard InChI is InChI=1S/C15H18BrN/c1-15(2,3)10-17-14-7-5-11-8-13(16)6-4-12(11)9-14/h4-9,17H,10H2,1-3H3. The van der Waals surface area contributed by atoms with E-state index in [9.17, 15) is 0 Å². The smallest absolute Gasteiger partial charge is 0.0346 e. The second-order valence-corrected chi connectivity index (χ2v) is 6.54. The molecule has 0 spiro atoms. The third-order valence-corrected chi connectivity index (χ3v) is 3.12. The molecule has 0 fully saturated rings. The van der Waals surface area contributed by atoms with Gasteiger partial charge in [0.15, 0.2) is 0 Å². The zero-order valence-corrected chi connectivity index (χ0v) is 12.1. The predicted molar refractivity (Wildman–Crippen MR) is 79.6 cm³/mol. The van der Waals surface area contributed by atoms with Gasteiger partial charge in [0.1, 0.15) is 0 Å². The van der Waals surface area contributed by atoms with Crippen LogP contribution in [0.15, 0.2) is 40.9 Å². The molecular weight excluding hydrogens is 274 g/mol. The van der Waals surface area contributed by atoms with Crippen LogP contribution in [-0.2, 0) is 0 Å². The van der Waals surface area contributed by atoms with Crippen LogP contribution in [0.2, 0.25) is 0 Å². The van der Waals surface area contributed by atoms with Gasteiger partial charge in [-0.2, -0.15) is 0 Å². The topological polar surface area (TPSA) is 12.0 Å². The zero-order chi connectivity index (χ0) is 12.5. The molecule has 0 aliphatic heterocycles. The zero-order valence-electron chi connectivity index (χ0n) is 10.5. The molecule has 0 bridgehead atoms. The van der Waals surface area contributed by atoms with Crippen molar-refractivity contribution >= 4 is 32.4 Å². The van der Waals surface area contributed by atoms with E-state index in [0.29, 0.717) is 5.41 Å². The summed E-state index contributed by atoms with van der Waals surface area (Å²) < 4.78 is 1.13. The first-order valence-corrected chi connectivity index (χ1v) is 6.67. The average molecular weight is 292 g/mol. The summed E-state index contributed by atoms with van der Waals surface area (Å²) in [5.74, 6) is 0. The predicted octanol–water partition coefficient (Wildman–Crippen LogP) is 5.06. The number of rotatable bonds is 2. The molecule has 17 heavy (non-hydrogen) atoms. The lowest BCUT2D eigenvalue weighted by molar-refractivity contribution is 0.443. The second kappa shape index (κ2) is 4.69. The highest BCUT2D eigenvalue weighted by atomic mass is 79.9. The van der Waals surface area contributed by atoms with Gasteiger partial charge in [-0.1, -0.05) is 48.8 Å². The maximum Gasteiger partial charge on any atom is 0.0346 e. The molecule has 2 aromatic rings. The average Bonchev–Trinajstić information content (AvgIpc) is 2.25. The molecule has 2 rings (SSSR count). The number of hydrogen-bond acceptors (Lipinski definition) is 1. The summed E-state index contributed by atoms with van der Waals surface area (Å²) in [4.78, 5) is 0. The van der Waals surface area contributed by atoms with Gasteiger partial charge in [0, 0.05) is 16.7 Å². The second-order valence-electron chi connectivity index (χ2n) is 5.62. The summed E-state index contributed by atoms with van der Waals surface area (Å²) in [5, 5.41) is 6.01. The molecule has 0 radical (unpaired) electrons. The largest absolute Gasteiger partial charge is 0.385 e. The van der Waals surface area contributed by atoms with E-state index in [1.54, 1.807) is 0 Å². The van der Waals surface area contributed by atoms with Gasteiger partial charge >= 0.3 is 0 Å². The summed E-state index contributed by atoms with van der Waals surface area (Å²) >= 11 is 3.49. The van der Waals surface area contributed by atoms with E-state index in [-0.39, 0.29) is 0 Å². The molecule has 2 aromatic carbocycles. The van der Waals surface area contributed by atoms with Crippen LogP contribution in [0, 0.1) is 5.41 Å². The van der Waals surface area contributed by atoms with Gasteiger partial charge in [0.05, 0.1) is 0 Å². The Morgan fingerprint density at radius 1 is 1.00 bits per heavy atom. The van der Waals surface area contributed by atoms with Crippen molar-refractivity contribution in [1.82, 2.24) is 0 Å². The first kappa shape index (κ1) is 12.4. The van der Waals surface area contributed by atoms with Crippen molar-refractivity contribution in [3.8, 4) is 0 Å². The number of fused-ring (bicyclic) bond motifs is 1. The van der Waals surface area contributed by atoms with Crippen molar-refractivity contribution < 1.29 is 0 Å². The first-order chi connectivity index (χ1) is 7.94. The Morgan fingerprint density at radius 2 is 1.65 bits per heavy atom. The molecule has 90 valence electrons. The summed E-state index contributed by atoms with van der Waals surface area (Å²) in [7, 11) is 0. The van der Waals surface area contributed by atoms with E-state index in [1.807, 2.05) is 0 Å². The highest BCUT2D eigenvalue weighted by Crippen LogP contribution is 2.23. The van der Waals surface area contributed by atoms with Crippen LogP contribution >= 0.6 is 15.9 Å². The fraction of sp³-hybridized carbons (Fsp3) is 0.333. The number of benzene rings is 2. The maximum absolute atomic E-state index is 3.49. The molecule has 0 aliphatic rings. The third kappa shape index (κ3) is 3.47. The quantitative estimate of drug-likeness (QED) is 0.815. The molecule has 0 atom stereocenters. The van der Waals surface area contributed by atoms with Gasteiger partial charge in [-0.3, -0.25) is 0 Å². The van der Waals surface area contributed by atoms with Crippen molar-refractivity contribution in [2.24, 2.45) is 5.41 Å². The molecule has 1 nitrogen and oxygen atoms in total. The molecule has 0 saturated carbocycles. The van der Waals surface area contributed by atoms with Crippen molar-refractivity contribution in [1.29, 1.82) is 0 Å². The fourth-order valence-electron chi connectivity index (χ4n) is 1.69. The molecule has 2 heteroatoms. The Bertz CT molecular complexity index is 526. The molecule has 0 unspecified atom stereocenters. The lowest BCUT2D eigenvalue weighted by Gasteiger charge is -2.19. The van der Waals surface area contributed by atoms with Gasteiger partial charge < -0.3 is 5.32 Å². The van der Waals surface area contributed by atoms with Crippen LogP contribution in [0.5, 0.6) is 0 Å². The SMILES string of the molecule is CC(C)(C)CNc1ccc2cc(Br)ccc2c1. The Balaban J connectivity index is 2.23. The first-order valence-electron chi connectivity index (χ1n) is 5.87. The highest BCUT2D eigenvalue weighted by Gasteiger charge is 2.09. The van der Waals surface area contributed by atoms with Crippen LogP contribution in [-0.4, -0.2) is 6.54 Å². The van der Waals surface area contributed by atoms with E-state index in [2.05, 4.69) is 78.4 Å². The molecule has 0 aliphatic carbocycles. The number of hydrogen-bond donors (Lipinski definition) is 1. The van der Waals surface area contributed by atoms with E-state index in [0.717, 1.165) is 11.0 Å². The Labute approximate surface area is 111 Å². The normalized spacial score (nSPS) is 11.8. The van der Waals surface area contributed by atoms with Crippen molar-refractivity contribution in [3.05, 3.63) is 40.9 Å². The molecular formula is C15H18BrN. The third-order valence-electron chi connectivity index (χ3n) is 2.63. The van der Waals surface area contributed by atoms with Crippen LogP contribution in [0.4, 0.5) is 5.69 Å². The minimum absolute atomic E-state index is 0.300. The van der Waals surface area contributed by atoms with Crippen molar-refractivity contribution in [2.75, 3.05) is 11.9 Å². The Morgan fingerprint density at radius 3 is 2.35 bits per heavy atom. The Kier molecular flexibility index (Phi) is 3.43. The summed E-state index contributed by atoms with van der Waals surface area (Å²) in [5.41, 5.74) is 1.49. The number of halogens is 1. The van der Waals surface area contributed by atoms with E-state index < -0.39 is 0 Å². The van der Waals surface area contributed by atoms with Gasteiger partial charge in [0.2, 0.25) is 0 Å². The maximum atomic E-state index is 3.49. The van der Waals surface area contributed by atoms with Crippen LogP contribution < -0.4 is 5.32 Å². The lowest BCUT2D eigenvalue weighted by atomic mass is 9.97. The summed E-state index contributed by atoms with van der Waals surface area (Å²) in [6.45, 7) is 7.68. The van der Waals surface area contributed by atoms with Gasteiger partial charge in [-0.15, -0.1) is 0 Å². The minimum atomic E-state index is 0.300. The van der Waals surface area contributed by atoms with Gasteiger partial charge in [-0.25, -0.2) is 0 Å².